The average molecular weight is 1230 g/mol. The quantitative estimate of drug-likeness (QED) is 0.0615. The van der Waals surface area contributed by atoms with Gasteiger partial charge >= 0.3 is 0 Å². The number of ether oxygens (including phenoxy) is 5. The summed E-state index contributed by atoms with van der Waals surface area (Å²) in [7, 11) is -8.74. The first-order chi connectivity index (χ1) is 35.4. The number of halogens is 1. The van der Waals surface area contributed by atoms with E-state index in [9.17, 15) is 10.2 Å². The predicted octanol–water partition coefficient (Wildman–Crippen LogP) is 13.7. The van der Waals surface area contributed by atoms with Crippen LogP contribution in [-0.4, -0.2) is 126 Å². The Morgan fingerprint density at radius 2 is 1.49 bits per heavy atom. The lowest BCUT2D eigenvalue weighted by Gasteiger charge is -2.54. The summed E-state index contributed by atoms with van der Waals surface area (Å²) < 4.78 is 82.7. The number of fused-ring (bicyclic) bond motifs is 1. The fraction of sp³-hybridized carbons (Fsp3) is 0.803. The first-order valence-corrected chi connectivity index (χ1v) is 37.9. The molecular weight excluding hydrogens is 1120 g/mol. The highest BCUT2D eigenvalue weighted by Gasteiger charge is 2.57. The van der Waals surface area contributed by atoms with Gasteiger partial charge in [-0.05, 0) is 145 Å². The highest BCUT2D eigenvalue weighted by molar-refractivity contribution is 14.1. The van der Waals surface area contributed by atoms with E-state index in [1.807, 2.05) is 10.1 Å². The van der Waals surface area contributed by atoms with Crippen molar-refractivity contribution in [3.8, 4) is 0 Å². The molecule has 3 unspecified atom stereocenters. The van der Waals surface area contributed by atoms with Crippen molar-refractivity contribution in [3.05, 3.63) is 64.8 Å². The molecule has 19 atom stereocenters. The lowest BCUT2D eigenvalue weighted by atomic mass is 9.77. The standard InChI is InChI=1S/C61H103IO11SSi2/c1-18-38(2)33-52-42(6)55(54(70-52)37-53-41(5)39(3)34-45(68-53)26-28-49-40(4)35-44(67-49)23-22-32-63)59(74(65,66)47-24-20-19-21-25-47)48(64)36-46-27-29-50-56(69-46)43(7)57(73-76(16,17)61(11,12)13)58(71-50)51(30-31-62)72-75(14,15)60(8,9)10/h19-21,24-25,30-31,38-39,42-46,48-59,63-64H,4-5,18,22-23,26-29,32-37H2,1-3,6-17H3/b31-30+/t38-,39-,42+,43+,44+,45+,46?,48?,49+,50+,51+,52-,53-,54+,55-,56-,57+,58+,59?/m1/s1. The summed E-state index contributed by atoms with van der Waals surface area (Å²) in [5.74, 6) is -0.265. The molecule has 1 aromatic carbocycles. The van der Waals surface area contributed by atoms with Gasteiger partial charge in [0.15, 0.2) is 26.5 Å². The van der Waals surface area contributed by atoms with Crippen LogP contribution in [0.25, 0.3) is 0 Å². The summed E-state index contributed by atoms with van der Waals surface area (Å²) in [5.41, 5.74) is 2.11. The summed E-state index contributed by atoms with van der Waals surface area (Å²) in [5, 5.41) is 21.2. The van der Waals surface area contributed by atoms with Gasteiger partial charge in [0.05, 0.1) is 83.4 Å². The van der Waals surface area contributed by atoms with E-state index in [4.69, 9.17) is 32.5 Å². The third kappa shape index (κ3) is 15.2. The van der Waals surface area contributed by atoms with E-state index >= 15 is 8.42 Å². The maximum absolute atomic E-state index is 15.5. The van der Waals surface area contributed by atoms with Crippen molar-refractivity contribution in [3.63, 3.8) is 0 Å². The highest BCUT2D eigenvalue weighted by Crippen LogP contribution is 2.49. The zero-order valence-electron chi connectivity index (χ0n) is 49.5. The van der Waals surface area contributed by atoms with Crippen LogP contribution in [0, 0.1) is 29.6 Å². The second-order valence-corrected chi connectivity index (χ2v) is 39.4. The zero-order valence-corrected chi connectivity index (χ0v) is 54.4. The molecule has 11 nitrogen and oxygen atoms in total. The van der Waals surface area contributed by atoms with Gasteiger partial charge in [0.2, 0.25) is 0 Å². The summed E-state index contributed by atoms with van der Waals surface area (Å²) in [6, 6.07) is 8.68. The van der Waals surface area contributed by atoms with Crippen LogP contribution < -0.4 is 0 Å². The molecule has 0 spiro atoms. The third-order valence-electron chi connectivity index (χ3n) is 19.4. The number of rotatable bonds is 23. The molecule has 2 N–H and O–H groups in total. The highest BCUT2D eigenvalue weighted by atomic mass is 127. The van der Waals surface area contributed by atoms with E-state index in [2.05, 4.69) is 144 Å². The minimum absolute atomic E-state index is 0.0119. The fourth-order valence-electron chi connectivity index (χ4n) is 12.4. The Kier molecular flexibility index (Phi) is 22.5. The molecule has 0 aromatic heterocycles. The van der Waals surface area contributed by atoms with Gasteiger partial charge in [0.1, 0.15) is 6.10 Å². The second-order valence-electron chi connectivity index (χ2n) is 27.1. The summed E-state index contributed by atoms with van der Waals surface area (Å²) in [6.07, 6.45) is 6.25. The normalized spacial score (nSPS) is 34.8. The van der Waals surface area contributed by atoms with E-state index < -0.39 is 56.0 Å². The number of sulfone groups is 1. The monoisotopic (exact) mass is 1230 g/mol. The lowest BCUT2D eigenvalue weighted by Crippen LogP contribution is -2.64. The first-order valence-electron chi connectivity index (χ1n) is 29.3. The Morgan fingerprint density at radius 3 is 2.11 bits per heavy atom. The number of aliphatic hydroxyl groups is 2. The molecular formula is C61H103IO11SSi2. The van der Waals surface area contributed by atoms with E-state index in [-0.39, 0.29) is 107 Å². The molecule has 5 fully saturated rings. The Bertz CT molecular complexity index is 2180. The third-order valence-corrected chi connectivity index (χ3v) is 31.1. The molecule has 5 aliphatic rings. The molecule has 0 amide bonds. The zero-order chi connectivity index (χ0) is 56.3. The van der Waals surface area contributed by atoms with E-state index in [1.165, 1.54) is 0 Å². The van der Waals surface area contributed by atoms with Crippen LogP contribution in [0.4, 0.5) is 0 Å². The van der Waals surface area contributed by atoms with Crippen molar-refractivity contribution in [1.82, 2.24) is 0 Å². The molecule has 0 aliphatic carbocycles. The van der Waals surface area contributed by atoms with Crippen LogP contribution in [0.2, 0.25) is 36.3 Å². The molecule has 76 heavy (non-hydrogen) atoms. The van der Waals surface area contributed by atoms with Crippen LogP contribution in [0.5, 0.6) is 0 Å². The maximum Gasteiger partial charge on any atom is 0.193 e. The lowest BCUT2D eigenvalue weighted by molar-refractivity contribution is -0.253. The smallest absolute Gasteiger partial charge is 0.193 e. The van der Waals surface area contributed by atoms with Crippen molar-refractivity contribution in [1.29, 1.82) is 0 Å². The minimum atomic E-state index is -4.14. The van der Waals surface area contributed by atoms with Crippen LogP contribution in [0.1, 0.15) is 153 Å². The van der Waals surface area contributed by atoms with E-state index in [1.54, 1.807) is 24.3 Å². The number of hydrogen-bond donors (Lipinski definition) is 2. The Labute approximate surface area is 477 Å². The van der Waals surface area contributed by atoms with Gasteiger partial charge in [0.25, 0.3) is 0 Å². The SMILES string of the molecule is C=C1C[C@H](CCCO)O[C@H]1CC[C@H]1C[C@@H](C)C(=C)[C@@H](C[C@@H]2O[C@H](C[C@H](C)CC)[C@H](C)[C@H]2C(C(O)CC2CC[C@@H]3O[C@@H]([C@H](/C=C/I)O[Si](C)(C)C(C)(C)C)[C@@H](O[Si](C)(C)C(C)(C)C)[C@@H](C)[C@H]3O2)S(=O)(=O)c2ccccc2)O1. The summed E-state index contributed by atoms with van der Waals surface area (Å²) in [6.45, 7) is 42.8. The van der Waals surface area contributed by atoms with Gasteiger partial charge in [-0.15, -0.1) is 0 Å². The van der Waals surface area contributed by atoms with Gasteiger partial charge in [0, 0.05) is 31.3 Å². The number of benzene rings is 1. The molecule has 15 heteroatoms. The van der Waals surface area contributed by atoms with Crippen LogP contribution in [-0.2, 0) is 42.4 Å². The topological polar surface area (TPSA) is 139 Å². The van der Waals surface area contributed by atoms with Gasteiger partial charge < -0.3 is 42.7 Å². The molecule has 6 rings (SSSR count). The fourth-order valence-corrected chi connectivity index (χ4v) is 17.6. The van der Waals surface area contributed by atoms with Gasteiger partial charge in [-0.3, -0.25) is 0 Å². The number of hydrogen-bond acceptors (Lipinski definition) is 11. The van der Waals surface area contributed by atoms with Crippen LogP contribution >= 0.6 is 22.6 Å². The van der Waals surface area contributed by atoms with Crippen LogP contribution in [0.15, 0.2) is 69.7 Å². The van der Waals surface area contributed by atoms with Crippen molar-refractivity contribution < 1.29 is 51.2 Å². The van der Waals surface area contributed by atoms with Gasteiger partial charge in [-0.2, -0.15) is 0 Å². The minimum Gasteiger partial charge on any atom is -0.411 e. The van der Waals surface area contributed by atoms with Crippen LogP contribution in [0.3, 0.4) is 0 Å². The summed E-state index contributed by atoms with van der Waals surface area (Å²) in [4.78, 5) is 0.197. The Hall–Kier alpha value is -0.806. The molecule has 0 radical (unpaired) electrons. The molecule has 5 aliphatic heterocycles. The molecule has 0 saturated carbocycles. The van der Waals surface area contributed by atoms with Crippen molar-refractivity contribution in [2.45, 2.75) is 279 Å². The molecule has 1 aromatic rings. The molecule has 5 saturated heterocycles. The Morgan fingerprint density at radius 1 is 0.829 bits per heavy atom. The summed E-state index contributed by atoms with van der Waals surface area (Å²) >= 11 is 2.29. The largest absolute Gasteiger partial charge is 0.411 e. The number of aliphatic hydroxyl groups excluding tert-OH is 2. The van der Waals surface area contributed by atoms with E-state index in [0.717, 1.165) is 56.1 Å². The maximum atomic E-state index is 15.5. The predicted molar refractivity (Wildman–Crippen MR) is 321 cm³/mol. The van der Waals surface area contributed by atoms with Crippen molar-refractivity contribution in [2.75, 3.05) is 6.61 Å². The first kappa shape index (κ1) is 64.4. The average Bonchev–Trinajstić information content (AvgIpc) is 3.85. The second kappa shape index (κ2) is 26.6. The molecule has 5 heterocycles. The van der Waals surface area contributed by atoms with Crippen molar-refractivity contribution in [2.24, 2.45) is 29.6 Å². The van der Waals surface area contributed by atoms with E-state index in [0.29, 0.717) is 31.6 Å². The Balaban J connectivity index is 1.29. The van der Waals surface area contributed by atoms with Gasteiger partial charge in [-0.25, -0.2) is 8.42 Å². The molecule has 434 valence electrons. The van der Waals surface area contributed by atoms with Gasteiger partial charge in [-0.1, -0.05) is 137 Å². The molecule has 0 bridgehead atoms. The van der Waals surface area contributed by atoms with Crippen molar-refractivity contribution >= 4 is 49.1 Å².